The van der Waals surface area contributed by atoms with Crippen molar-refractivity contribution < 1.29 is 42.4 Å². The average Bonchev–Trinajstić information content (AvgIpc) is 2.40. The van der Waals surface area contributed by atoms with Gasteiger partial charge in [-0.05, 0) is 12.8 Å². The van der Waals surface area contributed by atoms with Crippen molar-refractivity contribution in [3.8, 4) is 0 Å². The number of hydrogen-bond donors (Lipinski definition) is 3. The molecule has 1 rings (SSSR count). The number of carbonyl (C=O) groups is 4. The molecule has 0 bridgehead atoms. The van der Waals surface area contributed by atoms with Gasteiger partial charge in [0.25, 0.3) is 0 Å². The Kier molecular flexibility index (Phi) is 6.03. The summed E-state index contributed by atoms with van der Waals surface area (Å²) in [5.74, 6) is -4.73. The number of phosphoric ester groups is 1. The van der Waals surface area contributed by atoms with Crippen LogP contribution in [-0.4, -0.2) is 41.1 Å². The Balaban J connectivity index is 2.75. The quantitative estimate of drug-likeness (QED) is 0.524. The van der Waals surface area contributed by atoms with Gasteiger partial charge in [-0.15, -0.1) is 0 Å². The van der Waals surface area contributed by atoms with Crippen LogP contribution in [0.4, 0.5) is 0 Å². The van der Waals surface area contributed by atoms with E-state index in [1.165, 1.54) is 0 Å². The van der Waals surface area contributed by atoms with E-state index in [1.807, 2.05) is 0 Å². The maximum absolute atomic E-state index is 12.1. The lowest BCUT2D eigenvalue weighted by Crippen LogP contribution is -2.36. The number of carbonyl (C=O) groups excluding carboxylic acids is 3. The highest BCUT2D eigenvalue weighted by Crippen LogP contribution is 2.51. The molecule has 1 aliphatic rings. The SMILES string of the molecule is N[C@H](CCC(=O)O)C(=O)OP1(=O)OC(=O)CC[C@@H](N)C(=O)O1. The number of rotatable bonds is 5. The van der Waals surface area contributed by atoms with E-state index < -0.39 is 50.2 Å². The summed E-state index contributed by atoms with van der Waals surface area (Å²) in [7, 11) is -4.85. The van der Waals surface area contributed by atoms with Gasteiger partial charge in [0, 0.05) is 12.8 Å². The van der Waals surface area contributed by atoms with Crippen LogP contribution in [-0.2, 0) is 37.3 Å². The zero-order valence-electron chi connectivity index (χ0n) is 11.3. The van der Waals surface area contributed by atoms with Crippen molar-refractivity contribution in [2.75, 3.05) is 0 Å². The lowest BCUT2D eigenvalue weighted by atomic mass is 10.2. The van der Waals surface area contributed by atoms with Gasteiger partial charge in [0.2, 0.25) is 0 Å². The zero-order valence-corrected chi connectivity index (χ0v) is 12.2. The van der Waals surface area contributed by atoms with E-state index >= 15 is 0 Å². The molecule has 1 aliphatic heterocycles. The first-order valence-electron chi connectivity index (χ1n) is 6.15. The molecule has 0 aromatic carbocycles. The van der Waals surface area contributed by atoms with Crippen LogP contribution in [0.15, 0.2) is 0 Å². The summed E-state index contributed by atoms with van der Waals surface area (Å²) in [5, 5.41) is 8.47. The normalized spacial score (nSPS) is 26.9. The molecule has 124 valence electrons. The van der Waals surface area contributed by atoms with Gasteiger partial charge < -0.3 is 30.1 Å². The molecule has 0 spiro atoms. The topological polar surface area (TPSA) is 185 Å². The second-order valence-electron chi connectivity index (χ2n) is 4.42. The van der Waals surface area contributed by atoms with Crippen LogP contribution in [0.5, 0.6) is 0 Å². The maximum atomic E-state index is 12.1. The van der Waals surface area contributed by atoms with Crippen molar-refractivity contribution in [2.45, 2.75) is 37.8 Å². The van der Waals surface area contributed by atoms with Crippen LogP contribution < -0.4 is 11.5 Å². The van der Waals surface area contributed by atoms with Gasteiger partial charge in [-0.2, -0.15) is 4.57 Å². The molecule has 22 heavy (non-hydrogen) atoms. The molecule has 0 aromatic heterocycles. The molecule has 1 unspecified atom stereocenters. The molecule has 0 aromatic rings. The molecular formula is C10H15N2O9P. The van der Waals surface area contributed by atoms with E-state index in [9.17, 15) is 23.7 Å². The number of aliphatic carboxylic acids is 1. The second-order valence-corrected chi connectivity index (χ2v) is 5.86. The molecule has 1 saturated heterocycles. The Labute approximate surface area is 124 Å². The van der Waals surface area contributed by atoms with Crippen molar-refractivity contribution in [2.24, 2.45) is 11.5 Å². The van der Waals surface area contributed by atoms with Crippen molar-refractivity contribution in [3.63, 3.8) is 0 Å². The van der Waals surface area contributed by atoms with Crippen LogP contribution in [0.2, 0.25) is 0 Å². The number of nitrogens with two attached hydrogens (primary N) is 2. The van der Waals surface area contributed by atoms with Gasteiger partial charge in [-0.3, -0.25) is 9.59 Å². The lowest BCUT2D eigenvalue weighted by Gasteiger charge is -2.21. The third-order valence-corrected chi connectivity index (χ3v) is 3.79. The molecule has 1 fully saturated rings. The molecule has 0 saturated carbocycles. The van der Waals surface area contributed by atoms with Crippen LogP contribution in [0.3, 0.4) is 0 Å². The Morgan fingerprint density at radius 1 is 1.41 bits per heavy atom. The summed E-state index contributed by atoms with van der Waals surface area (Å²) in [5.41, 5.74) is 10.7. The summed E-state index contributed by atoms with van der Waals surface area (Å²) < 4.78 is 25.1. The van der Waals surface area contributed by atoms with Crippen LogP contribution in [0.25, 0.3) is 0 Å². The number of carboxylic acid groups (broad SMARTS) is 1. The van der Waals surface area contributed by atoms with E-state index in [0.717, 1.165) is 0 Å². The fourth-order valence-electron chi connectivity index (χ4n) is 1.37. The maximum Gasteiger partial charge on any atom is 0.653 e. The Morgan fingerprint density at radius 3 is 2.64 bits per heavy atom. The minimum atomic E-state index is -4.85. The van der Waals surface area contributed by atoms with Crippen molar-refractivity contribution in [3.05, 3.63) is 0 Å². The molecule has 0 amide bonds. The first-order valence-corrected chi connectivity index (χ1v) is 7.61. The van der Waals surface area contributed by atoms with Crippen LogP contribution in [0, 0.1) is 0 Å². The highest BCUT2D eigenvalue weighted by Gasteiger charge is 2.43. The summed E-state index contributed by atoms with van der Waals surface area (Å²) in [6.45, 7) is 0. The predicted octanol–water partition coefficient (Wildman–Crippen LogP) is -0.963. The van der Waals surface area contributed by atoms with Gasteiger partial charge in [0.15, 0.2) is 0 Å². The molecule has 12 heteroatoms. The lowest BCUT2D eigenvalue weighted by molar-refractivity contribution is -0.148. The Bertz CT molecular complexity index is 534. The van der Waals surface area contributed by atoms with E-state index in [2.05, 4.69) is 13.6 Å². The Morgan fingerprint density at radius 2 is 2.05 bits per heavy atom. The fraction of sp³-hybridized carbons (Fsp3) is 0.600. The number of carboxylic acids is 1. The summed E-state index contributed by atoms with van der Waals surface area (Å²) >= 11 is 0. The van der Waals surface area contributed by atoms with Gasteiger partial charge in [-0.1, -0.05) is 0 Å². The van der Waals surface area contributed by atoms with Crippen molar-refractivity contribution >= 4 is 31.7 Å². The minimum Gasteiger partial charge on any atom is -0.481 e. The first-order chi connectivity index (χ1) is 10.1. The van der Waals surface area contributed by atoms with Crippen LogP contribution >= 0.6 is 7.82 Å². The molecule has 1 heterocycles. The van der Waals surface area contributed by atoms with Crippen LogP contribution in [0.1, 0.15) is 25.7 Å². The van der Waals surface area contributed by atoms with E-state index in [0.29, 0.717) is 0 Å². The largest absolute Gasteiger partial charge is 0.653 e. The highest BCUT2D eigenvalue weighted by atomic mass is 31.2. The van der Waals surface area contributed by atoms with Gasteiger partial charge in [0.1, 0.15) is 12.1 Å². The molecule has 3 atom stereocenters. The molecule has 11 nitrogen and oxygen atoms in total. The van der Waals surface area contributed by atoms with Crippen molar-refractivity contribution in [1.82, 2.24) is 0 Å². The fourth-order valence-corrected chi connectivity index (χ4v) is 2.53. The van der Waals surface area contributed by atoms with Gasteiger partial charge in [0.05, 0.1) is 0 Å². The van der Waals surface area contributed by atoms with E-state index in [1.54, 1.807) is 0 Å². The van der Waals surface area contributed by atoms with E-state index in [-0.39, 0.29) is 19.3 Å². The number of phosphoric acid groups is 1. The molecule has 0 aliphatic carbocycles. The summed E-state index contributed by atoms with van der Waals surface area (Å²) in [6.07, 6.45) is -1.15. The third-order valence-electron chi connectivity index (χ3n) is 2.55. The first kappa shape index (κ1) is 18.1. The minimum absolute atomic E-state index is 0.0796. The van der Waals surface area contributed by atoms with E-state index in [4.69, 9.17) is 16.6 Å². The summed E-state index contributed by atoms with van der Waals surface area (Å²) in [6, 6.07) is -2.67. The second kappa shape index (κ2) is 7.34. The highest BCUT2D eigenvalue weighted by molar-refractivity contribution is 7.50. The van der Waals surface area contributed by atoms with Gasteiger partial charge in [-0.25, -0.2) is 9.59 Å². The smallest absolute Gasteiger partial charge is 0.481 e. The van der Waals surface area contributed by atoms with Crippen molar-refractivity contribution in [1.29, 1.82) is 0 Å². The summed E-state index contributed by atoms with van der Waals surface area (Å²) in [4.78, 5) is 44.7. The molecule has 5 N–H and O–H groups in total. The Hall–Kier alpha value is -1.97. The van der Waals surface area contributed by atoms with Gasteiger partial charge >= 0.3 is 31.7 Å². The predicted molar refractivity (Wildman–Crippen MR) is 67.9 cm³/mol. The monoisotopic (exact) mass is 338 g/mol. The molecular weight excluding hydrogens is 323 g/mol. The third kappa shape index (κ3) is 5.43. The number of hydrogen-bond acceptors (Lipinski definition) is 10. The average molecular weight is 338 g/mol. The molecule has 0 radical (unpaired) electrons. The zero-order chi connectivity index (χ0) is 16.9. The standard InChI is InChI=1S/C10H15N2O9P/c11-5(1-3-7(13)14)9(16)20-22(18)19-8(15)4-2-6(12)10(17)21-22/h5-6H,1-4,11-12H2,(H,13,14)/t5-,6-,22?/m1/s1.